The number of primary amides is 1. The number of nitrogens with one attached hydrogen (secondary N) is 3. The molecule has 1 rings (SSSR count). The van der Waals surface area contributed by atoms with Crippen LogP contribution in [0.3, 0.4) is 0 Å². The van der Waals surface area contributed by atoms with E-state index in [1.165, 1.54) is 24.3 Å². The molecule has 0 fully saturated rings. The maximum Gasteiger partial charge on any atom is 0.326 e. The van der Waals surface area contributed by atoms with Crippen LogP contribution in [0, 0.1) is 0 Å². The van der Waals surface area contributed by atoms with E-state index in [9.17, 15) is 34.2 Å². The lowest BCUT2D eigenvalue weighted by molar-refractivity contribution is -0.142. The van der Waals surface area contributed by atoms with Crippen molar-refractivity contribution in [3.63, 3.8) is 0 Å². The Bertz CT molecular complexity index is 782. The molecule has 2 atom stereocenters. The Labute approximate surface area is 172 Å². The molecule has 1 aromatic carbocycles. The van der Waals surface area contributed by atoms with Crippen LogP contribution < -0.4 is 27.4 Å². The quantitative estimate of drug-likeness (QED) is 0.188. The number of hydrogen-bond donors (Lipinski definition) is 7. The SMILES string of the molecule is NCC(=O)NCC(=O)NC(Cc1ccc(O)cc1)C(=O)NC(CCC(N)=O)C(=O)O. The molecule has 12 heteroatoms. The third kappa shape index (κ3) is 9.01. The molecule has 0 saturated carbocycles. The summed E-state index contributed by atoms with van der Waals surface area (Å²) in [7, 11) is 0. The summed E-state index contributed by atoms with van der Waals surface area (Å²) in [5.41, 5.74) is 10.7. The highest BCUT2D eigenvalue weighted by molar-refractivity contribution is 5.92. The van der Waals surface area contributed by atoms with E-state index in [4.69, 9.17) is 11.5 Å². The molecule has 0 aliphatic rings. The minimum Gasteiger partial charge on any atom is -0.508 e. The molecule has 0 aliphatic carbocycles. The molecule has 0 bridgehead atoms. The molecule has 0 spiro atoms. The van der Waals surface area contributed by atoms with E-state index >= 15 is 0 Å². The second kappa shape index (κ2) is 12.0. The van der Waals surface area contributed by atoms with Gasteiger partial charge in [0.05, 0.1) is 13.1 Å². The van der Waals surface area contributed by atoms with Gasteiger partial charge in [0.2, 0.25) is 23.6 Å². The molecular weight excluding hydrogens is 398 g/mol. The van der Waals surface area contributed by atoms with Crippen LogP contribution in [0.4, 0.5) is 0 Å². The number of carboxylic acids is 1. The van der Waals surface area contributed by atoms with Crippen LogP contribution in [-0.2, 0) is 30.4 Å². The summed E-state index contributed by atoms with van der Waals surface area (Å²) >= 11 is 0. The number of rotatable bonds is 12. The molecule has 12 nitrogen and oxygen atoms in total. The van der Waals surface area contributed by atoms with Crippen LogP contribution in [0.25, 0.3) is 0 Å². The number of aliphatic carboxylic acids is 1. The van der Waals surface area contributed by atoms with Crippen molar-refractivity contribution >= 4 is 29.6 Å². The van der Waals surface area contributed by atoms with Crippen molar-refractivity contribution in [1.29, 1.82) is 0 Å². The van der Waals surface area contributed by atoms with Gasteiger partial charge in [0.25, 0.3) is 0 Å². The molecule has 0 aliphatic heterocycles. The minimum atomic E-state index is -1.39. The average molecular weight is 423 g/mol. The van der Waals surface area contributed by atoms with E-state index in [0.29, 0.717) is 5.56 Å². The Morgan fingerprint density at radius 1 is 0.967 bits per heavy atom. The zero-order valence-corrected chi connectivity index (χ0v) is 16.1. The maximum absolute atomic E-state index is 12.6. The number of amides is 4. The van der Waals surface area contributed by atoms with Crippen LogP contribution in [0.2, 0.25) is 0 Å². The zero-order valence-electron chi connectivity index (χ0n) is 16.1. The summed E-state index contributed by atoms with van der Waals surface area (Å²) in [4.78, 5) is 58.2. The van der Waals surface area contributed by atoms with Crippen molar-refractivity contribution in [2.75, 3.05) is 13.1 Å². The Morgan fingerprint density at radius 2 is 1.60 bits per heavy atom. The van der Waals surface area contributed by atoms with Gasteiger partial charge >= 0.3 is 5.97 Å². The van der Waals surface area contributed by atoms with Gasteiger partial charge in [-0.1, -0.05) is 12.1 Å². The molecular formula is C18H25N5O7. The molecule has 0 radical (unpaired) electrons. The van der Waals surface area contributed by atoms with Crippen LogP contribution in [0.1, 0.15) is 18.4 Å². The van der Waals surface area contributed by atoms with Gasteiger partial charge in [0.15, 0.2) is 0 Å². The lowest BCUT2D eigenvalue weighted by Gasteiger charge is -2.21. The van der Waals surface area contributed by atoms with E-state index in [1.807, 2.05) is 0 Å². The summed E-state index contributed by atoms with van der Waals surface area (Å²) in [6, 6.07) is 3.26. The number of carbonyl (C=O) groups is 5. The monoisotopic (exact) mass is 423 g/mol. The molecule has 0 saturated heterocycles. The molecule has 2 unspecified atom stereocenters. The van der Waals surface area contributed by atoms with Crippen molar-refractivity contribution in [3.05, 3.63) is 29.8 Å². The molecule has 30 heavy (non-hydrogen) atoms. The fourth-order valence-electron chi connectivity index (χ4n) is 2.39. The highest BCUT2D eigenvalue weighted by Crippen LogP contribution is 2.12. The molecule has 0 heterocycles. The third-order valence-corrected chi connectivity index (χ3v) is 3.95. The summed E-state index contributed by atoms with van der Waals surface area (Å²) in [5.74, 6) is -4.15. The zero-order chi connectivity index (χ0) is 22.7. The summed E-state index contributed by atoms with van der Waals surface area (Å²) in [6.45, 7) is -0.746. The topological polar surface area (TPSA) is 214 Å². The maximum atomic E-state index is 12.6. The molecule has 0 aromatic heterocycles. The predicted octanol–water partition coefficient (Wildman–Crippen LogP) is -2.67. The number of carbonyl (C=O) groups excluding carboxylic acids is 4. The second-order valence-electron chi connectivity index (χ2n) is 6.38. The fraction of sp³-hybridized carbons (Fsp3) is 0.389. The van der Waals surface area contributed by atoms with E-state index < -0.39 is 48.2 Å². The van der Waals surface area contributed by atoms with Crippen LogP contribution in [0.5, 0.6) is 5.75 Å². The summed E-state index contributed by atoms with van der Waals surface area (Å²) < 4.78 is 0. The molecule has 1 aromatic rings. The Morgan fingerprint density at radius 3 is 2.13 bits per heavy atom. The first kappa shape index (κ1) is 24.4. The number of carboxylic acid groups (broad SMARTS) is 1. The van der Waals surface area contributed by atoms with Gasteiger partial charge in [-0.25, -0.2) is 4.79 Å². The van der Waals surface area contributed by atoms with Gasteiger partial charge in [-0.2, -0.15) is 0 Å². The van der Waals surface area contributed by atoms with Crippen LogP contribution in [-0.4, -0.2) is 65.0 Å². The van der Waals surface area contributed by atoms with E-state index in [1.54, 1.807) is 0 Å². The highest BCUT2D eigenvalue weighted by Gasteiger charge is 2.27. The van der Waals surface area contributed by atoms with Gasteiger partial charge in [-0.05, 0) is 24.1 Å². The van der Waals surface area contributed by atoms with Gasteiger partial charge in [-0.3, -0.25) is 19.2 Å². The molecule has 4 amide bonds. The van der Waals surface area contributed by atoms with Crippen LogP contribution >= 0.6 is 0 Å². The Hall–Kier alpha value is -3.67. The van der Waals surface area contributed by atoms with Crippen molar-refractivity contribution < 1.29 is 34.2 Å². The van der Waals surface area contributed by atoms with Crippen molar-refractivity contribution in [3.8, 4) is 5.75 Å². The van der Waals surface area contributed by atoms with Gasteiger partial charge in [0.1, 0.15) is 17.8 Å². The Balaban J connectivity index is 2.90. The Kier molecular flexibility index (Phi) is 9.76. The lowest BCUT2D eigenvalue weighted by Crippen LogP contribution is -2.54. The predicted molar refractivity (Wildman–Crippen MR) is 104 cm³/mol. The standard InChI is InChI=1S/C18H25N5O7/c19-8-15(26)21-9-16(27)22-13(7-10-1-3-11(24)4-2-10)17(28)23-12(18(29)30)5-6-14(20)25/h1-4,12-13,24H,5-9,19H2,(H2,20,25)(H,21,26)(H,22,27)(H,23,28)(H,29,30). The molecule has 164 valence electrons. The van der Waals surface area contributed by atoms with Crippen LogP contribution in [0.15, 0.2) is 24.3 Å². The number of benzene rings is 1. The van der Waals surface area contributed by atoms with E-state index in [0.717, 1.165) is 0 Å². The number of phenolic OH excluding ortho intramolecular Hbond substituents is 1. The first-order chi connectivity index (χ1) is 14.1. The van der Waals surface area contributed by atoms with E-state index in [-0.39, 0.29) is 31.6 Å². The number of hydrogen-bond acceptors (Lipinski definition) is 7. The highest BCUT2D eigenvalue weighted by atomic mass is 16.4. The number of phenols is 1. The summed E-state index contributed by atoms with van der Waals surface area (Å²) in [6.07, 6.45) is -0.495. The lowest BCUT2D eigenvalue weighted by atomic mass is 10.0. The first-order valence-electron chi connectivity index (χ1n) is 8.98. The smallest absolute Gasteiger partial charge is 0.326 e. The fourth-order valence-corrected chi connectivity index (χ4v) is 2.39. The summed E-state index contributed by atoms with van der Waals surface area (Å²) in [5, 5.41) is 25.6. The number of nitrogens with two attached hydrogens (primary N) is 2. The molecule has 9 N–H and O–H groups in total. The van der Waals surface area contributed by atoms with Crippen molar-refractivity contribution in [2.45, 2.75) is 31.3 Å². The van der Waals surface area contributed by atoms with Crippen molar-refractivity contribution in [2.24, 2.45) is 11.5 Å². The van der Waals surface area contributed by atoms with E-state index in [2.05, 4.69) is 16.0 Å². The normalized spacial score (nSPS) is 12.3. The van der Waals surface area contributed by atoms with Gasteiger partial charge < -0.3 is 37.6 Å². The van der Waals surface area contributed by atoms with Gasteiger partial charge in [0, 0.05) is 12.8 Å². The first-order valence-corrected chi connectivity index (χ1v) is 8.98. The average Bonchev–Trinajstić information content (AvgIpc) is 2.69. The number of aromatic hydroxyl groups is 1. The largest absolute Gasteiger partial charge is 0.508 e. The van der Waals surface area contributed by atoms with Crippen molar-refractivity contribution in [1.82, 2.24) is 16.0 Å². The minimum absolute atomic E-state index is 0.00526. The van der Waals surface area contributed by atoms with Gasteiger partial charge in [-0.15, -0.1) is 0 Å². The third-order valence-electron chi connectivity index (χ3n) is 3.95. The second-order valence-corrected chi connectivity index (χ2v) is 6.38.